The van der Waals surface area contributed by atoms with E-state index in [-0.39, 0.29) is 17.9 Å². The van der Waals surface area contributed by atoms with E-state index in [4.69, 9.17) is 4.74 Å². The van der Waals surface area contributed by atoms with E-state index in [0.29, 0.717) is 5.56 Å². The first-order chi connectivity index (χ1) is 6.69. The molecule has 1 rings (SSSR count). The average molecular weight is 196 g/mol. The van der Waals surface area contributed by atoms with Gasteiger partial charge in [0, 0.05) is 18.0 Å². The summed E-state index contributed by atoms with van der Waals surface area (Å²) in [6, 6.07) is 0.283. The molecule has 0 aliphatic heterocycles. The Morgan fingerprint density at radius 1 is 1.36 bits per heavy atom. The van der Waals surface area contributed by atoms with Crippen molar-refractivity contribution in [2.75, 3.05) is 14.2 Å². The third kappa shape index (κ3) is 2.18. The van der Waals surface area contributed by atoms with Crippen LogP contribution in [0.25, 0.3) is 0 Å². The molecule has 0 N–H and O–H groups in total. The number of methoxy groups -OCH3 is 2. The lowest BCUT2D eigenvalue weighted by molar-refractivity contribution is -0.142. The van der Waals surface area contributed by atoms with Crippen LogP contribution < -0.4 is 4.74 Å². The van der Waals surface area contributed by atoms with Gasteiger partial charge in [0.1, 0.15) is 0 Å². The van der Waals surface area contributed by atoms with Crippen LogP contribution in [0.1, 0.15) is 18.4 Å². The van der Waals surface area contributed by atoms with E-state index in [2.05, 4.69) is 14.7 Å². The van der Waals surface area contributed by atoms with Crippen LogP contribution >= 0.6 is 0 Å². The van der Waals surface area contributed by atoms with Crippen LogP contribution in [0.15, 0.2) is 12.4 Å². The van der Waals surface area contributed by atoms with Gasteiger partial charge in [-0.05, 0) is 6.92 Å². The average Bonchev–Trinajstić information content (AvgIpc) is 2.27. The Balaban J connectivity index is 2.81. The predicted octanol–water partition coefficient (Wildman–Crippen LogP) is 0.762. The van der Waals surface area contributed by atoms with Crippen LogP contribution in [0, 0.1) is 0 Å². The van der Waals surface area contributed by atoms with E-state index in [1.165, 1.54) is 14.2 Å². The highest BCUT2D eigenvalue weighted by Crippen LogP contribution is 2.15. The highest BCUT2D eigenvalue weighted by Gasteiger charge is 2.16. The maximum atomic E-state index is 11.2. The molecule has 0 spiro atoms. The molecule has 0 amide bonds. The van der Waals surface area contributed by atoms with Crippen molar-refractivity contribution >= 4 is 5.97 Å². The zero-order valence-electron chi connectivity index (χ0n) is 8.35. The molecule has 14 heavy (non-hydrogen) atoms. The number of ether oxygens (including phenoxy) is 2. The largest absolute Gasteiger partial charge is 0.469 e. The molecule has 5 heteroatoms. The second-order valence-corrected chi connectivity index (χ2v) is 2.75. The summed E-state index contributed by atoms with van der Waals surface area (Å²) in [6.45, 7) is 1.73. The van der Waals surface area contributed by atoms with E-state index in [0.717, 1.165) is 0 Å². The normalized spacial score (nSPS) is 11.9. The number of aromatic nitrogens is 2. The molecule has 1 atom stereocenters. The summed E-state index contributed by atoms with van der Waals surface area (Å²) in [5, 5.41) is 0. The molecule has 0 aliphatic rings. The van der Waals surface area contributed by atoms with Crippen LogP contribution in [0.4, 0.5) is 0 Å². The summed E-state index contributed by atoms with van der Waals surface area (Å²) in [7, 11) is 2.84. The number of nitrogens with zero attached hydrogens (tertiary/aromatic N) is 2. The Kier molecular flexibility index (Phi) is 3.39. The standard InChI is InChI=1S/C9H12N2O3/c1-6(8(12)13-2)7-4-10-9(14-3)11-5-7/h4-6H,1-3H3. The van der Waals surface area contributed by atoms with Gasteiger partial charge in [-0.25, -0.2) is 9.97 Å². The second kappa shape index (κ2) is 4.55. The molecule has 1 aromatic rings. The van der Waals surface area contributed by atoms with Crippen molar-refractivity contribution in [3.8, 4) is 6.01 Å². The van der Waals surface area contributed by atoms with Gasteiger partial charge in [0.05, 0.1) is 20.1 Å². The fourth-order valence-corrected chi connectivity index (χ4v) is 0.968. The number of carbonyl (C=O) groups excluding carboxylic acids is 1. The number of hydrogen-bond donors (Lipinski definition) is 0. The van der Waals surface area contributed by atoms with Gasteiger partial charge in [0.25, 0.3) is 0 Å². The SMILES string of the molecule is COC(=O)C(C)c1cnc(OC)nc1. The Bertz CT molecular complexity index is 310. The molecular formula is C9H12N2O3. The van der Waals surface area contributed by atoms with Crippen LogP contribution in [0.2, 0.25) is 0 Å². The highest BCUT2D eigenvalue weighted by molar-refractivity contribution is 5.77. The molecule has 0 aliphatic carbocycles. The van der Waals surface area contributed by atoms with Crippen LogP contribution in [-0.2, 0) is 9.53 Å². The van der Waals surface area contributed by atoms with Crippen molar-refractivity contribution in [3.63, 3.8) is 0 Å². The monoisotopic (exact) mass is 196 g/mol. The maximum absolute atomic E-state index is 11.2. The number of carbonyl (C=O) groups is 1. The number of hydrogen-bond acceptors (Lipinski definition) is 5. The molecular weight excluding hydrogens is 184 g/mol. The lowest BCUT2D eigenvalue weighted by atomic mass is 10.1. The molecule has 1 unspecified atom stereocenters. The van der Waals surface area contributed by atoms with E-state index in [9.17, 15) is 4.79 Å². The molecule has 0 radical (unpaired) electrons. The van der Waals surface area contributed by atoms with Crippen molar-refractivity contribution in [2.24, 2.45) is 0 Å². The Morgan fingerprint density at radius 2 is 1.93 bits per heavy atom. The smallest absolute Gasteiger partial charge is 0.316 e. The van der Waals surface area contributed by atoms with E-state index in [1.807, 2.05) is 0 Å². The van der Waals surface area contributed by atoms with Gasteiger partial charge in [-0.1, -0.05) is 0 Å². The molecule has 76 valence electrons. The van der Waals surface area contributed by atoms with E-state index >= 15 is 0 Å². The predicted molar refractivity (Wildman–Crippen MR) is 49.0 cm³/mol. The summed E-state index contributed by atoms with van der Waals surface area (Å²) in [4.78, 5) is 18.9. The first-order valence-electron chi connectivity index (χ1n) is 4.12. The lowest BCUT2D eigenvalue weighted by Crippen LogP contribution is -2.11. The summed E-state index contributed by atoms with van der Waals surface area (Å²) >= 11 is 0. The quantitative estimate of drug-likeness (QED) is 0.668. The first-order valence-corrected chi connectivity index (χ1v) is 4.12. The first kappa shape index (κ1) is 10.4. The molecule has 1 aromatic heterocycles. The van der Waals surface area contributed by atoms with Gasteiger partial charge in [-0.2, -0.15) is 0 Å². The summed E-state index contributed by atoms with van der Waals surface area (Å²) < 4.78 is 9.39. The third-order valence-electron chi connectivity index (χ3n) is 1.89. The summed E-state index contributed by atoms with van der Waals surface area (Å²) in [5.41, 5.74) is 0.706. The van der Waals surface area contributed by atoms with E-state index in [1.54, 1.807) is 19.3 Å². The van der Waals surface area contributed by atoms with Crippen molar-refractivity contribution in [1.29, 1.82) is 0 Å². The molecule has 0 bridgehead atoms. The fourth-order valence-electron chi connectivity index (χ4n) is 0.968. The maximum Gasteiger partial charge on any atom is 0.316 e. The highest BCUT2D eigenvalue weighted by atomic mass is 16.5. The minimum Gasteiger partial charge on any atom is -0.469 e. The van der Waals surface area contributed by atoms with Gasteiger partial charge >= 0.3 is 12.0 Å². The van der Waals surface area contributed by atoms with Crippen LogP contribution in [0.5, 0.6) is 6.01 Å². The van der Waals surface area contributed by atoms with Gasteiger partial charge in [0.2, 0.25) is 0 Å². The molecule has 0 aromatic carbocycles. The number of rotatable bonds is 3. The molecule has 0 fully saturated rings. The second-order valence-electron chi connectivity index (χ2n) is 2.75. The lowest BCUT2D eigenvalue weighted by Gasteiger charge is -2.08. The minimum atomic E-state index is -0.356. The third-order valence-corrected chi connectivity index (χ3v) is 1.89. The molecule has 5 nitrogen and oxygen atoms in total. The van der Waals surface area contributed by atoms with Gasteiger partial charge in [-0.3, -0.25) is 4.79 Å². The van der Waals surface area contributed by atoms with Crippen molar-refractivity contribution in [2.45, 2.75) is 12.8 Å². The van der Waals surface area contributed by atoms with Crippen molar-refractivity contribution in [3.05, 3.63) is 18.0 Å². The molecule has 0 saturated carbocycles. The van der Waals surface area contributed by atoms with Crippen molar-refractivity contribution in [1.82, 2.24) is 9.97 Å². The summed E-state index contributed by atoms with van der Waals surface area (Å²) in [5.74, 6) is -0.662. The Hall–Kier alpha value is -1.65. The Labute approximate surface area is 82.1 Å². The number of esters is 1. The van der Waals surface area contributed by atoms with E-state index < -0.39 is 0 Å². The molecule has 1 heterocycles. The van der Waals surface area contributed by atoms with Crippen LogP contribution in [-0.4, -0.2) is 30.2 Å². The fraction of sp³-hybridized carbons (Fsp3) is 0.444. The zero-order chi connectivity index (χ0) is 10.6. The van der Waals surface area contributed by atoms with Gasteiger partial charge < -0.3 is 9.47 Å². The Morgan fingerprint density at radius 3 is 2.36 bits per heavy atom. The minimum absolute atomic E-state index is 0.283. The van der Waals surface area contributed by atoms with Crippen molar-refractivity contribution < 1.29 is 14.3 Å². The van der Waals surface area contributed by atoms with Gasteiger partial charge in [0.15, 0.2) is 0 Å². The van der Waals surface area contributed by atoms with Gasteiger partial charge in [-0.15, -0.1) is 0 Å². The topological polar surface area (TPSA) is 61.3 Å². The zero-order valence-corrected chi connectivity index (χ0v) is 8.35. The van der Waals surface area contributed by atoms with Crippen LogP contribution in [0.3, 0.4) is 0 Å². The summed E-state index contributed by atoms with van der Waals surface area (Å²) in [6.07, 6.45) is 3.10. The molecule has 0 saturated heterocycles.